The van der Waals surface area contributed by atoms with Crippen LogP contribution >= 0.6 is 22.9 Å². The summed E-state index contributed by atoms with van der Waals surface area (Å²) in [4.78, 5) is 11.3. The Bertz CT molecular complexity index is 493. The maximum Gasteiger partial charge on any atom is 0.253 e. The Hall–Kier alpha value is -1.27. The smallest absolute Gasteiger partial charge is 0.253 e. The highest BCUT2D eigenvalue weighted by Gasteiger charge is 2.14. The minimum absolute atomic E-state index is 0.122. The molecule has 0 aromatic carbocycles. The van der Waals surface area contributed by atoms with Gasteiger partial charge >= 0.3 is 0 Å². The summed E-state index contributed by atoms with van der Waals surface area (Å²) in [6.45, 7) is 1.81. The van der Waals surface area contributed by atoms with E-state index in [1.807, 2.05) is 6.92 Å². The van der Waals surface area contributed by atoms with E-state index in [-0.39, 0.29) is 5.82 Å². The van der Waals surface area contributed by atoms with Crippen LogP contribution in [-0.4, -0.2) is 20.1 Å². The third kappa shape index (κ3) is 1.91. The molecule has 15 heavy (non-hydrogen) atoms. The minimum Gasteiger partial charge on any atom is -0.491 e. The first-order valence-electron chi connectivity index (χ1n) is 3.92. The predicted octanol–water partition coefficient (Wildman–Crippen LogP) is 2.41. The maximum atomic E-state index is 12.9. The van der Waals surface area contributed by atoms with Gasteiger partial charge in [0.25, 0.3) is 5.88 Å². The first-order valence-corrected chi connectivity index (χ1v) is 5.18. The number of nitrogens with zero attached hydrogens (tertiary/aromatic N) is 3. The molecule has 0 saturated heterocycles. The molecule has 2 aromatic heterocycles. The molecule has 2 aromatic rings. The summed E-state index contributed by atoms with van der Waals surface area (Å²) in [5, 5.41) is 11.0. The van der Waals surface area contributed by atoms with Crippen LogP contribution < -0.4 is 0 Å². The number of aromatic nitrogens is 3. The van der Waals surface area contributed by atoms with Crippen LogP contribution in [0.2, 0.25) is 5.15 Å². The molecule has 2 rings (SSSR count). The summed E-state index contributed by atoms with van der Waals surface area (Å²) in [6, 6.07) is 0. The van der Waals surface area contributed by atoms with Crippen molar-refractivity contribution in [3.63, 3.8) is 0 Å². The first kappa shape index (κ1) is 10.3. The highest BCUT2D eigenvalue weighted by Crippen LogP contribution is 2.26. The Kier molecular flexibility index (Phi) is 2.54. The highest BCUT2D eigenvalue weighted by atomic mass is 35.5. The monoisotopic (exact) mass is 245 g/mol. The van der Waals surface area contributed by atoms with Gasteiger partial charge in [-0.2, -0.15) is 9.37 Å². The number of aryl methyl sites for hydroxylation is 1. The normalized spacial score (nSPS) is 10.6. The Balaban J connectivity index is 2.55. The van der Waals surface area contributed by atoms with Crippen molar-refractivity contribution in [2.75, 3.05) is 0 Å². The van der Waals surface area contributed by atoms with Crippen LogP contribution in [0, 0.1) is 12.7 Å². The van der Waals surface area contributed by atoms with Gasteiger partial charge in [0.05, 0.1) is 0 Å². The maximum absolute atomic E-state index is 12.9. The van der Waals surface area contributed by atoms with Crippen molar-refractivity contribution in [1.82, 2.24) is 15.0 Å². The van der Waals surface area contributed by atoms with Gasteiger partial charge in [-0.3, -0.25) is 0 Å². The van der Waals surface area contributed by atoms with E-state index in [9.17, 15) is 4.39 Å². The van der Waals surface area contributed by atoms with Crippen LogP contribution in [0.3, 0.4) is 0 Å². The van der Waals surface area contributed by atoms with Crippen molar-refractivity contribution in [2.45, 2.75) is 6.92 Å². The molecule has 0 bridgehead atoms. The van der Waals surface area contributed by atoms with Gasteiger partial charge in [-0.25, -0.2) is 9.97 Å². The molecule has 4 nitrogen and oxygen atoms in total. The molecule has 0 unspecified atom stereocenters. The molecule has 0 radical (unpaired) electrons. The van der Waals surface area contributed by atoms with E-state index >= 15 is 0 Å². The Morgan fingerprint density at radius 3 is 2.67 bits per heavy atom. The molecule has 0 fully saturated rings. The standard InChI is InChI=1S/C8H5ClFN3OS/c1-3-2-15-8(11-3)6-12-5(9)4(10)7(14)13-6/h2H,1H3,(H,12,13,14). The molecule has 0 saturated carbocycles. The lowest BCUT2D eigenvalue weighted by Gasteiger charge is -1.99. The molecule has 2 heterocycles. The second kappa shape index (κ2) is 3.71. The zero-order valence-electron chi connectivity index (χ0n) is 7.53. The number of aromatic hydroxyl groups is 1. The molecule has 1 N–H and O–H groups in total. The fourth-order valence-electron chi connectivity index (χ4n) is 0.961. The summed E-state index contributed by atoms with van der Waals surface area (Å²) in [7, 11) is 0. The first-order chi connectivity index (χ1) is 7.08. The molecule has 0 aliphatic carbocycles. The third-order valence-electron chi connectivity index (χ3n) is 1.60. The van der Waals surface area contributed by atoms with E-state index < -0.39 is 16.9 Å². The van der Waals surface area contributed by atoms with Crippen molar-refractivity contribution >= 4 is 22.9 Å². The topological polar surface area (TPSA) is 58.9 Å². The van der Waals surface area contributed by atoms with Gasteiger partial charge in [0.1, 0.15) is 0 Å². The van der Waals surface area contributed by atoms with Crippen LogP contribution in [0.25, 0.3) is 10.8 Å². The summed E-state index contributed by atoms with van der Waals surface area (Å²) in [6.07, 6.45) is 0. The Morgan fingerprint density at radius 2 is 2.13 bits per heavy atom. The van der Waals surface area contributed by atoms with E-state index in [1.54, 1.807) is 5.38 Å². The fraction of sp³-hybridized carbons (Fsp3) is 0.125. The largest absolute Gasteiger partial charge is 0.491 e. The molecule has 0 amide bonds. The van der Waals surface area contributed by atoms with Gasteiger partial charge in [0.15, 0.2) is 16.0 Å². The molecule has 7 heteroatoms. The van der Waals surface area contributed by atoms with Gasteiger partial charge < -0.3 is 5.11 Å². The lowest BCUT2D eigenvalue weighted by molar-refractivity contribution is 0.409. The van der Waals surface area contributed by atoms with Crippen LogP contribution in [-0.2, 0) is 0 Å². The molecular weight excluding hydrogens is 241 g/mol. The SMILES string of the molecule is Cc1csc(-c2nc(O)c(F)c(Cl)n2)n1. The fourth-order valence-corrected chi connectivity index (χ4v) is 1.85. The highest BCUT2D eigenvalue weighted by molar-refractivity contribution is 7.13. The van der Waals surface area contributed by atoms with Crippen molar-refractivity contribution in [3.05, 3.63) is 22.0 Å². The molecule has 0 atom stereocenters. The van der Waals surface area contributed by atoms with Crippen LogP contribution in [0.4, 0.5) is 4.39 Å². The van der Waals surface area contributed by atoms with Gasteiger partial charge in [-0.15, -0.1) is 11.3 Å². The average molecular weight is 246 g/mol. The number of rotatable bonds is 1. The zero-order valence-corrected chi connectivity index (χ0v) is 9.10. The minimum atomic E-state index is -1.02. The van der Waals surface area contributed by atoms with Crippen molar-refractivity contribution in [1.29, 1.82) is 0 Å². The summed E-state index contributed by atoms with van der Waals surface area (Å²) < 4.78 is 12.9. The Morgan fingerprint density at radius 1 is 1.40 bits per heavy atom. The molecule has 78 valence electrons. The lowest BCUT2D eigenvalue weighted by Crippen LogP contribution is -1.93. The third-order valence-corrected chi connectivity index (χ3v) is 2.81. The van der Waals surface area contributed by atoms with Crippen molar-refractivity contribution in [3.8, 4) is 16.7 Å². The summed E-state index contributed by atoms with van der Waals surface area (Å²) in [5.74, 6) is -1.66. The summed E-state index contributed by atoms with van der Waals surface area (Å²) in [5.41, 5.74) is 0.804. The van der Waals surface area contributed by atoms with Gasteiger partial charge in [0.2, 0.25) is 5.82 Å². The number of halogens is 2. The molecule has 0 spiro atoms. The van der Waals surface area contributed by atoms with E-state index in [1.165, 1.54) is 11.3 Å². The van der Waals surface area contributed by atoms with Crippen LogP contribution in [0.5, 0.6) is 5.88 Å². The van der Waals surface area contributed by atoms with Gasteiger partial charge in [-0.05, 0) is 6.92 Å². The van der Waals surface area contributed by atoms with Gasteiger partial charge in [0, 0.05) is 11.1 Å². The van der Waals surface area contributed by atoms with E-state index in [2.05, 4.69) is 15.0 Å². The quantitative estimate of drug-likeness (QED) is 0.784. The van der Waals surface area contributed by atoms with E-state index in [4.69, 9.17) is 16.7 Å². The lowest BCUT2D eigenvalue weighted by atomic mass is 10.5. The molecular formula is C8H5ClFN3OS. The molecule has 0 aliphatic rings. The van der Waals surface area contributed by atoms with E-state index in [0.717, 1.165) is 5.69 Å². The molecule has 0 aliphatic heterocycles. The second-order valence-electron chi connectivity index (χ2n) is 2.77. The average Bonchev–Trinajstić information content (AvgIpc) is 2.60. The number of hydrogen-bond donors (Lipinski definition) is 1. The van der Waals surface area contributed by atoms with Crippen LogP contribution in [0.1, 0.15) is 5.69 Å². The number of thiazole rings is 1. The van der Waals surface area contributed by atoms with Crippen molar-refractivity contribution in [2.24, 2.45) is 0 Å². The van der Waals surface area contributed by atoms with Crippen molar-refractivity contribution < 1.29 is 9.50 Å². The predicted molar refractivity (Wildman–Crippen MR) is 54.5 cm³/mol. The number of hydrogen-bond acceptors (Lipinski definition) is 5. The zero-order chi connectivity index (χ0) is 11.0. The van der Waals surface area contributed by atoms with Crippen LogP contribution in [0.15, 0.2) is 5.38 Å². The Labute approximate surface area is 93.4 Å². The second-order valence-corrected chi connectivity index (χ2v) is 3.99. The summed E-state index contributed by atoms with van der Waals surface area (Å²) >= 11 is 6.76. The van der Waals surface area contributed by atoms with E-state index in [0.29, 0.717) is 5.01 Å². The van der Waals surface area contributed by atoms with Gasteiger partial charge in [-0.1, -0.05) is 11.6 Å².